The minimum absolute atomic E-state index is 0.238. The molecule has 100 valence electrons. The largest absolute Gasteiger partial charge is 0.312 e. The van der Waals surface area contributed by atoms with Gasteiger partial charge in [-0.2, -0.15) is 0 Å². The fourth-order valence-electron chi connectivity index (χ4n) is 2.91. The van der Waals surface area contributed by atoms with Crippen molar-refractivity contribution in [1.82, 2.24) is 10.3 Å². The van der Waals surface area contributed by atoms with E-state index in [0.29, 0.717) is 0 Å². The summed E-state index contributed by atoms with van der Waals surface area (Å²) in [5.74, 6) is 1.67. The highest BCUT2D eigenvalue weighted by Crippen LogP contribution is 2.34. The lowest BCUT2D eigenvalue weighted by Crippen LogP contribution is -2.40. The van der Waals surface area contributed by atoms with Crippen molar-refractivity contribution in [2.75, 3.05) is 6.54 Å². The maximum atomic E-state index is 4.22. The summed E-state index contributed by atoms with van der Waals surface area (Å²) in [7, 11) is 0. The molecule has 1 aromatic rings. The number of rotatable bonds is 4. The highest BCUT2D eigenvalue weighted by molar-refractivity contribution is 5.10. The van der Waals surface area contributed by atoms with Gasteiger partial charge >= 0.3 is 0 Å². The summed E-state index contributed by atoms with van der Waals surface area (Å²) in [5, 5.41) is 3.66. The lowest BCUT2D eigenvalue weighted by Gasteiger charge is -2.26. The van der Waals surface area contributed by atoms with Gasteiger partial charge in [0.05, 0.1) is 0 Å². The highest BCUT2D eigenvalue weighted by atomic mass is 14.9. The molecule has 18 heavy (non-hydrogen) atoms. The van der Waals surface area contributed by atoms with Gasteiger partial charge in [-0.05, 0) is 70.0 Å². The quantitative estimate of drug-likeness (QED) is 0.880. The molecule has 1 N–H and O–H groups in total. The topological polar surface area (TPSA) is 24.9 Å². The third-order valence-electron chi connectivity index (χ3n) is 3.93. The predicted molar refractivity (Wildman–Crippen MR) is 76.5 cm³/mol. The third-order valence-corrected chi connectivity index (χ3v) is 3.93. The van der Waals surface area contributed by atoms with Gasteiger partial charge in [0.2, 0.25) is 0 Å². The Morgan fingerprint density at radius 1 is 1.28 bits per heavy atom. The van der Waals surface area contributed by atoms with E-state index in [-0.39, 0.29) is 5.54 Å². The first-order valence-electron chi connectivity index (χ1n) is 7.18. The predicted octanol–water partition coefficient (Wildman–Crippen LogP) is 3.43. The molecule has 2 atom stereocenters. The van der Waals surface area contributed by atoms with Crippen molar-refractivity contribution in [1.29, 1.82) is 0 Å². The SMILES string of the molecule is CC(C)(C)NCC1CCCC1Cc1cccnc1. The fraction of sp³-hybridized carbons (Fsp3) is 0.688. The summed E-state index contributed by atoms with van der Waals surface area (Å²) in [5.41, 5.74) is 1.63. The maximum absolute atomic E-state index is 4.22. The number of hydrogen-bond donors (Lipinski definition) is 1. The average molecular weight is 246 g/mol. The molecule has 0 amide bonds. The van der Waals surface area contributed by atoms with E-state index in [1.165, 1.54) is 31.2 Å². The Labute approximate surface area is 111 Å². The number of nitrogens with one attached hydrogen (secondary N) is 1. The second-order valence-electron chi connectivity index (χ2n) is 6.65. The Balaban J connectivity index is 1.88. The zero-order chi connectivity index (χ0) is 13.0. The van der Waals surface area contributed by atoms with Crippen molar-refractivity contribution in [3.8, 4) is 0 Å². The zero-order valence-electron chi connectivity index (χ0n) is 11.9. The van der Waals surface area contributed by atoms with Gasteiger partial charge in [-0.15, -0.1) is 0 Å². The van der Waals surface area contributed by atoms with E-state index in [0.717, 1.165) is 18.4 Å². The minimum atomic E-state index is 0.238. The van der Waals surface area contributed by atoms with Gasteiger partial charge in [0.25, 0.3) is 0 Å². The molecule has 0 spiro atoms. The van der Waals surface area contributed by atoms with E-state index in [9.17, 15) is 0 Å². The summed E-state index contributed by atoms with van der Waals surface area (Å²) in [4.78, 5) is 4.22. The minimum Gasteiger partial charge on any atom is -0.312 e. The van der Waals surface area contributed by atoms with Crippen LogP contribution in [0.5, 0.6) is 0 Å². The summed E-state index contributed by atoms with van der Waals surface area (Å²) >= 11 is 0. The van der Waals surface area contributed by atoms with Crippen molar-refractivity contribution in [3.05, 3.63) is 30.1 Å². The molecule has 1 aromatic heterocycles. The van der Waals surface area contributed by atoms with Crippen LogP contribution in [0.3, 0.4) is 0 Å². The van der Waals surface area contributed by atoms with Crippen LogP contribution in [-0.4, -0.2) is 17.1 Å². The normalized spacial score (nSPS) is 24.4. The maximum Gasteiger partial charge on any atom is 0.0299 e. The molecule has 2 rings (SSSR count). The van der Waals surface area contributed by atoms with Crippen LogP contribution in [0.15, 0.2) is 24.5 Å². The molecule has 1 heterocycles. The van der Waals surface area contributed by atoms with Crippen LogP contribution in [0.2, 0.25) is 0 Å². The molecule has 1 aliphatic carbocycles. The van der Waals surface area contributed by atoms with Crippen molar-refractivity contribution in [2.45, 2.75) is 52.0 Å². The first-order chi connectivity index (χ1) is 8.54. The first-order valence-corrected chi connectivity index (χ1v) is 7.18. The molecule has 0 aliphatic heterocycles. The van der Waals surface area contributed by atoms with Gasteiger partial charge in [0.1, 0.15) is 0 Å². The van der Waals surface area contributed by atoms with Crippen molar-refractivity contribution < 1.29 is 0 Å². The second-order valence-corrected chi connectivity index (χ2v) is 6.65. The van der Waals surface area contributed by atoms with E-state index in [4.69, 9.17) is 0 Å². The standard InChI is InChI=1S/C16H26N2/c1-16(2,3)18-12-15-8-4-7-14(15)10-13-6-5-9-17-11-13/h5-6,9,11,14-15,18H,4,7-8,10,12H2,1-3H3. The molecular formula is C16H26N2. The molecule has 1 aliphatic rings. The van der Waals surface area contributed by atoms with Crippen LogP contribution in [-0.2, 0) is 6.42 Å². The van der Waals surface area contributed by atoms with E-state index in [1.54, 1.807) is 0 Å². The summed E-state index contributed by atoms with van der Waals surface area (Å²) in [6, 6.07) is 4.26. The second kappa shape index (κ2) is 5.83. The Kier molecular flexibility index (Phi) is 4.39. The van der Waals surface area contributed by atoms with Crippen molar-refractivity contribution >= 4 is 0 Å². The molecule has 2 heteroatoms. The van der Waals surface area contributed by atoms with Gasteiger partial charge in [-0.3, -0.25) is 4.98 Å². The molecule has 2 nitrogen and oxygen atoms in total. The number of hydrogen-bond acceptors (Lipinski definition) is 2. The van der Waals surface area contributed by atoms with Gasteiger partial charge in [-0.25, -0.2) is 0 Å². The first kappa shape index (κ1) is 13.5. The average Bonchev–Trinajstić information content (AvgIpc) is 2.74. The van der Waals surface area contributed by atoms with Crippen LogP contribution in [0.25, 0.3) is 0 Å². The lowest BCUT2D eigenvalue weighted by atomic mass is 9.89. The van der Waals surface area contributed by atoms with Gasteiger partial charge in [0.15, 0.2) is 0 Å². The molecule has 1 saturated carbocycles. The van der Waals surface area contributed by atoms with E-state index < -0.39 is 0 Å². The smallest absolute Gasteiger partial charge is 0.0299 e. The molecule has 0 bridgehead atoms. The summed E-state index contributed by atoms with van der Waals surface area (Å²) < 4.78 is 0. The van der Waals surface area contributed by atoms with Crippen molar-refractivity contribution in [2.24, 2.45) is 11.8 Å². The van der Waals surface area contributed by atoms with Crippen LogP contribution in [0.4, 0.5) is 0 Å². The Hall–Kier alpha value is -0.890. The molecule has 0 radical (unpaired) electrons. The molecule has 1 fully saturated rings. The fourth-order valence-corrected chi connectivity index (χ4v) is 2.91. The van der Waals surface area contributed by atoms with Gasteiger partial charge in [-0.1, -0.05) is 12.5 Å². The van der Waals surface area contributed by atoms with Crippen molar-refractivity contribution in [3.63, 3.8) is 0 Å². The summed E-state index contributed by atoms with van der Waals surface area (Å²) in [6.07, 6.45) is 9.23. The Morgan fingerprint density at radius 2 is 2.06 bits per heavy atom. The highest BCUT2D eigenvalue weighted by Gasteiger charge is 2.28. The molecule has 0 saturated heterocycles. The van der Waals surface area contributed by atoms with Crippen LogP contribution >= 0.6 is 0 Å². The lowest BCUT2D eigenvalue weighted by molar-refractivity contribution is 0.317. The van der Waals surface area contributed by atoms with E-state index in [2.05, 4.69) is 37.1 Å². The zero-order valence-corrected chi connectivity index (χ0v) is 11.9. The Morgan fingerprint density at radius 3 is 2.72 bits per heavy atom. The molecular weight excluding hydrogens is 220 g/mol. The third kappa shape index (κ3) is 4.09. The number of pyridine rings is 1. The Bertz CT molecular complexity index is 353. The van der Waals surface area contributed by atoms with Crippen LogP contribution in [0, 0.1) is 11.8 Å². The number of nitrogens with zero attached hydrogens (tertiary/aromatic N) is 1. The molecule has 0 aromatic carbocycles. The van der Waals surface area contributed by atoms with Crippen LogP contribution in [0.1, 0.15) is 45.6 Å². The van der Waals surface area contributed by atoms with E-state index in [1.807, 2.05) is 18.5 Å². The summed E-state index contributed by atoms with van der Waals surface area (Å²) in [6.45, 7) is 7.91. The van der Waals surface area contributed by atoms with Crippen LogP contribution < -0.4 is 5.32 Å². The number of aromatic nitrogens is 1. The van der Waals surface area contributed by atoms with Gasteiger partial charge < -0.3 is 5.32 Å². The molecule has 2 unspecified atom stereocenters. The van der Waals surface area contributed by atoms with Gasteiger partial charge in [0, 0.05) is 17.9 Å². The monoisotopic (exact) mass is 246 g/mol. The van der Waals surface area contributed by atoms with E-state index >= 15 is 0 Å².